The van der Waals surface area contributed by atoms with Gasteiger partial charge in [-0.2, -0.15) is 0 Å². The van der Waals surface area contributed by atoms with Crippen LogP contribution < -0.4 is 11.3 Å². The van der Waals surface area contributed by atoms with Crippen LogP contribution in [0.4, 0.5) is 8.78 Å². The summed E-state index contributed by atoms with van der Waals surface area (Å²) in [5, 5.41) is 3.09. The van der Waals surface area contributed by atoms with Gasteiger partial charge in [0.15, 0.2) is 11.6 Å². The van der Waals surface area contributed by atoms with Gasteiger partial charge in [0, 0.05) is 4.91 Å². The van der Waals surface area contributed by atoms with Crippen LogP contribution in [0.25, 0.3) is 10.4 Å². The van der Waals surface area contributed by atoms with Crippen LogP contribution in [-0.2, 0) is 6.54 Å². The summed E-state index contributed by atoms with van der Waals surface area (Å²) in [4.78, 5) is 13.4. The second-order valence-electron chi connectivity index (χ2n) is 2.76. The largest absolute Gasteiger partial charge is 0.290 e. The third-order valence-corrected chi connectivity index (χ3v) is 1.84. The Labute approximate surface area is 88.6 Å². The van der Waals surface area contributed by atoms with Gasteiger partial charge in [-0.25, -0.2) is 14.6 Å². The van der Waals surface area contributed by atoms with Crippen molar-refractivity contribution in [2.45, 2.75) is 6.54 Å². The first-order chi connectivity index (χ1) is 7.61. The molecule has 0 atom stereocenters. The first kappa shape index (κ1) is 11.9. The lowest BCUT2D eigenvalue weighted by Crippen LogP contribution is -2.31. The van der Waals surface area contributed by atoms with Gasteiger partial charge in [-0.3, -0.25) is 10.2 Å². The van der Waals surface area contributed by atoms with Crippen molar-refractivity contribution < 1.29 is 13.6 Å². The van der Waals surface area contributed by atoms with E-state index in [1.54, 1.807) is 5.43 Å². The highest BCUT2D eigenvalue weighted by Crippen LogP contribution is 2.17. The Morgan fingerprint density at radius 3 is 2.75 bits per heavy atom. The zero-order valence-corrected chi connectivity index (χ0v) is 7.94. The van der Waals surface area contributed by atoms with E-state index in [0.717, 1.165) is 12.1 Å². The fraction of sp³-hybridized carbons (Fsp3) is 0.125. The van der Waals surface area contributed by atoms with E-state index in [2.05, 4.69) is 10.0 Å². The SMILES string of the molecule is [N-]=[N+]=NCc1ccc(C(=O)NN)c(F)c1F. The minimum Gasteiger partial charge on any atom is -0.290 e. The third-order valence-electron chi connectivity index (χ3n) is 1.84. The van der Waals surface area contributed by atoms with Gasteiger partial charge in [-0.15, -0.1) is 0 Å². The summed E-state index contributed by atoms with van der Waals surface area (Å²) >= 11 is 0. The molecule has 0 unspecified atom stereocenters. The van der Waals surface area contributed by atoms with Crippen molar-refractivity contribution in [1.29, 1.82) is 0 Å². The average molecular weight is 227 g/mol. The van der Waals surface area contributed by atoms with Crippen LogP contribution in [0.15, 0.2) is 17.2 Å². The number of carbonyl (C=O) groups is 1. The highest BCUT2D eigenvalue weighted by molar-refractivity contribution is 5.94. The lowest BCUT2D eigenvalue weighted by molar-refractivity contribution is 0.0948. The molecule has 0 spiro atoms. The summed E-state index contributed by atoms with van der Waals surface area (Å²) in [6.07, 6.45) is 0. The van der Waals surface area contributed by atoms with Crippen LogP contribution in [0.2, 0.25) is 0 Å². The molecule has 1 amide bonds. The predicted molar refractivity (Wildman–Crippen MR) is 50.9 cm³/mol. The Balaban J connectivity index is 3.17. The summed E-state index contributed by atoms with van der Waals surface area (Å²) < 4.78 is 26.6. The number of nitrogens with one attached hydrogen (secondary N) is 1. The lowest BCUT2D eigenvalue weighted by Gasteiger charge is -2.05. The summed E-state index contributed by atoms with van der Waals surface area (Å²) in [5.41, 5.74) is 9.07. The van der Waals surface area contributed by atoms with Crippen molar-refractivity contribution in [2.24, 2.45) is 11.0 Å². The van der Waals surface area contributed by atoms with Crippen molar-refractivity contribution in [2.75, 3.05) is 0 Å². The number of amides is 1. The normalized spacial score (nSPS) is 9.44. The molecule has 0 aliphatic rings. The number of nitrogen functional groups attached to an aromatic ring is 1. The van der Waals surface area contributed by atoms with Crippen molar-refractivity contribution in [1.82, 2.24) is 5.43 Å². The first-order valence-electron chi connectivity index (χ1n) is 4.10. The van der Waals surface area contributed by atoms with E-state index in [1.807, 2.05) is 0 Å². The van der Waals surface area contributed by atoms with Gasteiger partial charge in [0.25, 0.3) is 5.91 Å². The number of nitrogens with zero attached hydrogens (tertiary/aromatic N) is 3. The molecule has 0 aromatic heterocycles. The molecule has 1 aromatic rings. The Bertz CT molecular complexity index is 470. The van der Waals surface area contributed by atoms with Crippen molar-refractivity contribution in [3.8, 4) is 0 Å². The standard InChI is InChI=1S/C8H7F2N5O/c9-6-4(3-13-15-12)1-2-5(7(6)10)8(16)14-11/h1-2H,3,11H2,(H,14,16). The van der Waals surface area contributed by atoms with Crippen molar-refractivity contribution >= 4 is 5.91 Å². The minimum absolute atomic E-state index is 0.135. The molecule has 1 rings (SSSR count). The smallest absolute Gasteiger partial charge is 0.268 e. The number of azide groups is 1. The Kier molecular flexibility index (Phi) is 3.76. The van der Waals surface area contributed by atoms with E-state index < -0.39 is 23.1 Å². The van der Waals surface area contributed by atoms with E-state index in [1.165, 1.54) is 0 Å². The molecule has 6 nitrogen and oxygen atoms in total. The fourth-order valence-electron chi connectivity index (χ4n) is 1.07. The molecule has 0 aliphatic carbocycles. The van der Waals surface area contributed by atoms with Crippen LogP contribution in [-0.4, -0.2) is 5.91 Å². The van der Waals surface area contributed by atoms with Crippen molar-refractivity contribution in [3.05, 3.63) is 45.3 Å². The molecular weight excluding hydrogens is 220 g/mol. The Morgan fingerprint density at radius 2 is 2.19 bits per heavy atom. The summed E-state index contributed by atoms with van der Waals surface area (Å²) in [6, 6.07) is 2.21. The highest BCUT2D eigenvalue weighted by Gasteiger charge is 2.17. The van der Waals surface area contributed by atoms with Gasteiger partial charge in [0.05, 0.1) is 12.1 Å². The molecule has 0 aliphatic heterocycles. The summed E-state index contributed by atoms with van der Waals surface area (Å²) in [7, 11) is 0. The van der Waals surface area contributed by atoms with Gasteiger partial charge >= 0.3 is 0 Å². The number of hydrogen-bond donors (Lipinski definition) is 2. The second kappa shape index (κ2) is 5.06. The number of carbonyl (C=O) groups excluding carboxylic acids is 1. The van der Waals surface area contributed by atoms with Gasteiger partial charge in [-0.1, -0.05) is 11.2 Å². The van der Waals surface area contributed by atoms with Gasteiger partial charge in [-0.05, 0) is 17.2 Å². The van der Waals surface area contributed by atoms with Gasteiger partial charge in [0.1, 0.15) is 0 Å². The average Bonchev–Trinajstić information content (AvgIpc) is 2.30. The second-order valence-corrected chi connectivity index (χ2v) is 2.76. The molecule has 0 radical (unpaired) electrons. The highest BCUT2D eigenvalue weighted by atomic mass is 19.2. The Morgan fingerprint density at radius 1 is 1.50 bits per heavy atom. The minimum atomic E-state index is -1.33. The van der Waals surface area contributed by atoms with Crippen LogP contribution in [0.1, 0.15) is 15.9 Å². The molecule has 0 heterocycles. The summed E-state index contributed by atoms with van der Waals surface area (Å²) in [5.74, 6) is 1.29. The molecule has 84 valence electrons. The number of nitrogens with two attached hydrogens (primary N) is 1. The quantitative estimate of drug-likeness (QED) is 0.203. The molecule has 16 heavy (non-hydrogen) atoms. The molecule has 1 aromatic carbocycles. The van der Waals surface area contributed by atoms with E-state index in [9.17, 15) is 13.6 Å². The van der Waals surface area contributed by atoms with E-state index in [4.69, 9.17) is 11.4 Å². The van der Waals surface area contributed by atoms with Crippen LogP contribution in [0.5, 0.6) is 0 Å². The van der Waals surface area contributed by atoms with E-state index >= 15 is 0 Å². The lowest BCUT2D eigenvalue weighted by atomic mass is 10.1. The molecule has 0 saturated carbocycles. The maximum atomic E-state index is 13.3. The molecular formula is C8H7F2N5O. The molecule has 0 fully saturated rings. The number of rotatable bonds is 3. The zero-order valence-electron chi connectivity index (χ0n) is 7.94. The number of benzene rings is 1. The number of halogens is 2. The molecule has 8 heteroatoms. The molecule has 0 bridgehead atoms. The number of hydrogen-bond acceptors (Lipinski definition) is 3. The van der Waals surface area contributed by atoms with Gasteiger partial charge in [0.2, 0.25) is 0 Å². The third kappa shape index (κ3) is 2.25. The fourth-order valence-corrected chi connectivity index (χ4v) is 1.07. The van der Waals surface area contributed by atoms with E-state index in [-0.39, 0.29) is 12.1 Å². The van der Waals surface area contributed by atoms with Gasteiger partial charge < -0.3 is 0 Å². The van der Waals surface area contributed by atoms with Crippen molar-refractivity contribution in [3.63, 3.8) is 0 Å². The monoisotopic (exact) mass is 227 g/mol. The predicted octanol–water partition coefficient (Wildman–Crippen LogP) is 1.38. The maximum Gasteiger partial charge on any atom is 0.268 e. The summed E-state index contributed by atoms with van der Waals surface area (Å²) in [6.45, 7) is -0.330. The van der Waals surface area contributed by atoms with Crippen LogP contribution >= 0.6 is 0 Å². The maximum absolute atomic E-state index is 13.3. The van der Waals surface area contributed by atoms with E-state index in [0.29, 0.717) is 0 Å². The molecule has 3 N–H and O–H groups in total. The topological polar surface area (TPSA) is 104 Å². The first-order valence-corrected chi connectivity index (χ1v) is 4.10. The number of hydrazine groups is 1. The van der Waals surface area contributed by atoms with Crippen LogP contribution in [0.3, 0.4) is 0 Å². The van der Waals surface area contributed by atoms with Crippen LogP contribution in [0, 0.1) is 11.6 Å². The molecule has 0 saturated heterocycles. The Hall–Kier alpha value is -2.18. The zero-order chi connectivity index (χ0) is 12.1.